The van der Waals surface area contributed by atoms with Crippen molar-refractivity contribution in [3.63, 3.8) is 0 Å². The molecule has 0 bridgehead atoms. The Hall–Kier alpha value is -0.430. The van der Waals surface area contributed by atoms with Gasteiger partial charge in [-0.05, 0) is 44.0 Å². The van der Waals surface area contributed by atoms with Crippen molar-refractivity contribution in [1.29, 1.82) is 0 Å². The molecule has 1 aliphatic heterocycles. The van der Waals surface area contributed by atoms with E-state index in [2.05, 4.69) is 5.32 Å². The van der Waals surface area contributed by atoms with Gasteiger partial charge >= 0.3 is 10.1 Å². The van der Waals surface area contributed by atoms with E-state index in [4.69, 9.17) is 4.55 Å². The van der Waals surface area contributed by atoms with Gasteiger partial charge in [-0.15, -0.1) is 11.3 Å². The first-order chi connectivity index (χ1) is 7.00. The zero-order valence-corrected chi connectivity index (χ0v) is 10.0. The second kappa shape index (κ2) is 3.86. The molecule has 0 unspecified atom stereocenters. The van der Waals surface area contributed by atoms with Crippen molar-refractivity contribution < 1.29 is 13.0 Å². The molecule has 0 fully saturated rings. The summed E-state index contributed by atoms with van der Waals surface area (Å²) in [5.74, 6) is 0. The van der Waals surface area contributed by atoms with E-state index < -0.39 is 10.1 Å². The van der Waals surface area contributed by atoms with Crippen LogP contribution in [0, 0.1) is 6.92 Å². The quantitative estimate of drug-likeness (QED) is 0.726. The molecule has 1 aromatic heterocycles. The zero-order valence-electron chi connectivity index (χ0n) is 8.41. The van der Waals surface area contributed by atoms with Gasteiger partial charge in [0, 0.05) is 4.88 Å². The molecule has 4 nitrogen and oxygen atoms in total. The lowest BCUT2D eigenvalue weighted by Crippen LogP contribution is -2.16. The summed E-state index contributed by atoms with van der Waals surface area (Å²) in [7, 11) is -4.04. The van der Waals surface area contributed by atoms with Crippen LogP contribution in [0.4, 0.5) is 0 Å². The van der Waals surface area contributed by atoms with Gasteiger partial charge in [0.2, 0.25) is 0 Å². The van der Waals surface area contributed by atoms with Crippen molar-refractivity contribution in [3.05, 3.63) is 16.0 Å². The van der Waals surface area contributed by atoms with E-state index in [1.807, 2.05) is 0 Å². The molecular weight excluding hydrogens is 234 g/mol. The first-order valence-electron chi connectivity index (χ1n) is 4.79. The van der Waals surface area contributed by atoms with E-state index in [1.165, 1.54) is 11.3 Å². The molecule has 2 N–H and O–H groups in total. The molecular formula is C9H13NO3S2. The summed E-state index contributed by atoms with van der Waals surface area (Å²) < 4.78 is 31.4. The molecule has 1 aliphatic rings. The van der Waals surface area contributed by atoms with Crippen LogP contribution < -0.4 is 5.32 Å². The highest BCUT2D eigenvalue weighted by Crippen LogP contribution is 2.32. The van der Waals surface area contributed by atoms with E-state index >= 15 is 0 Å². The third-order valence-corrected chi connectivity index (χ3v) is 5.47. The summed E-state index contributed by atoms with van der Waals surface area (Å²) in [5.41, 5.74) is 1.82. The fourth-order valence-electron chi connectivity index (χ4n) is 1.90. The van der Waals surface area contributed by atoms with Gasteiger partial charge in [-0.2, -0.15) is 8.42 Å². The second-order valence-electron chi connectivity index (χ2n) is 3.64. The van der Waals surface area contributed by atoms with Gasteiger partial charge in [-0.25, -0.2) is 0 Å². The van der Waals surface area contributed by atoms with Crippen LogP contribution in [0.3, 0.4) is 0 Å². The molecule has 0 radical (unpaired) electrons. The smallest absolute Gasteiger partial charge is 0.304 e. The van der Waals surface area contributed by atoms with Crippen LogP contribution in [0.2, 0.25) is 0 Å². The van der Waals surface area contributed by atoms with Gasteiger partial charge in [0.05, 0.1) is 0 Å². The lowest BCUT2D eigenvalue weighted by atomic mass is 10.1. The second-order valence-corrected chi connectivity index (χ2v) is 6.36. The van der Waals surface area contributed by atoms with Crippen molar-refractivity contribution in [3.8, 4) is 0 Å². The molecule has 6 heteroatoms. The number of rotatable bonds is 1. The van der Waals surface area contributed by atoms with Crippen molar-refractivity contribution in [2.45, 2.75) is 24.0 Å². The van der Waals surface area contributed by atoms with E-state index in [0.717, 1.165) is 41.9 Å². The molecule has 0 atom stereocenters. The largest absolute Gasteiger partial charge is 0.316 e. The Morgan fingerprint density at radius 1 is 1.33 bits per heavy atom. The Morgan fingerprint density at radius 2 is 2.00 bits per heavy atom. The standard InChI is InChI=1S/C9H13NO3S2/c1-6-7-2-4-10-5-3-8(7)14-9(6)15(11,12)13/h10H,2-5H2,1H3,(H,11,12,13). The Morgan fingerprint density at radius 3 is 2.67 bits per heavy atom. The highest BCUT2D eigenvalue weighted by atomic mass is 32.3. The van der Waals surface area contributed by atoms with Crippen LogP contribution in [-0.2, 0) is 23.0 Å². The Balaban J connectivity index is 2.54. The van der Waals surface area contributed by atoms with Crippen molar-refractivity contribution in [2.75, 3.05) is 13.1 Å². The summed E-state index contributed by atoms with van der Waals surface area (Å²) in [5, 5.41) is 3.26. The zero-order chi connectivity index (χ0) is 11.1. The summed E-state index contributed by atoms with van der Waals surface area (Å²) >= 11 is 1.20. The number of fused-ring (bicyclic) bond motifs is 1. The van der Waals surface area contributed by atoms with Gasteiger partial charge < -0.3 is 5.32 Å². The molecule has 0 aromatic carbocycles. The molecule has 0 aliphatic carbocycles. The number of nitrogens with one attached hydrogen (secondary N) is 1. The molecule has 0 spiro atoms. The lowest BCUT2D eigenvalue weighted by molar-refractivity contribution is 0.485. The van der Waals surface area contributed by atoms with Crippen molar-refractivity contribution in [1.82, 2.24) is 5.32 Å². The predicted octanol–water partition coefficient (Wildman–Crippen LogP) is 0.991. The van der Waals surface area contributed by atoms with Gasteiger partial charge in [-0.1, -0.05) is 0 Å². The van der Waals surface area contributed by atoms with Crippen LogP contribution in [0.15, 0.2) is 4.21 Å². The minimum Gasteiger partial charge on any atom is -0.316 e. The highest BCUT2D eigenvalue weighted by Gasteiger charge is 2.23. The van der Waals surface area contributed by atoms with E-state index in [1.54, 1.807) is 6.92 Å². The Kier molecular flexibility index (Phi) is 2.85. The predicted molar refractivity (Wildman–Crippen MR) is 59.1 cm³/mol. The third kappa shape index (κ3) is 2.08. The van der Waals surface area contributed by atoms with E-state index in [-0.39, 0.29) is 4.21 Å². The first-order valence-corrected chi connectivity index (χ1v) is 7.05. The number of hydrogen-bond acceptors (Lipinski definition) is 4. The Labute approximate surface area is 93.1 Å². The van der Waals surface area contributed by atoms with Crippen molar-refractivity contribution in [2.24, 2.45) is 0 Å². The molecule has 0 amide bonds. The van der Waals surface area contributed by atoms with Crippen LogP contribution in [0.25, 0.3) is 0 Å². The van der Waals surface area contributed by atoms with Crippen LogP contribution >= 0.6 is 11.3 Å². The normalized spacial score (nSPS) is 17.2. The Bertz CT molecular complexity index is 476. The fourth-order valence-corrected chi connectivity index (χ4v) is 4.21. The summed E-state index contributed by atoms with van der Waals surface area (Å²) in [6.07, 6.45) is 1.68. The molecule has 1 aromatic rings. The molecule has 0 saturated carbocycles. The molecule has 84 valence electrons. The fraction of sp³-hybridized carbons (Fsp3) is 0.556. The molecule has 2 rings (SSSR count). The first kappa shape index (κ1) is 11.1. The van der Waals surface area contributed by atoms with Crippen LogP contribution in [-0.4, -0.2) is 26.1 Å². The highest BCUT2D eigenvalue weighted by molar-refractivity contribution is 7.88. The molecule has 15 heavy (non-hydrogen) atoms. The summed E-state index contributed by atoms with van der Waals surface area (Å²) in [6, 6.07) is 0. The third-order valence-electron chi connectivity index (χ3n) is 2.63. The van der Waals surface area contributed by atoms with Gasteiger partial charge in [0.1, 0.15) is 4.21 Å². The number of thiophene rings is 1. The van der Waals surface area contributed by atoms with Gasteiger partial charge in [0.15, 0.2) is 0 Å². The minimum atomic E-state index is -4.04. The van der Waals surface area contributed by atoms with Crippen LogP contribution in [0.5, 0.6) is 0 Å². The van der Waals surface area contributed by atoms with Gasteiger partial charge in [-0.3, -0.25) is 4.55 Å². The van der Waals surface area contributed by atoms with E-state index in [0.29, 0.717) is 0 Å². The maximum atomic E-state index is 11.1. The molecule has 2 heterocycles. The summed E-state index contributed by atoms with van der Waals surface area (Å²) in [6.45, 7) is 3.51. The monoisotopic (exact) mass is 247 g/mol. The minimum absolute atomic E-state index is 0.120. The number of hydrogen-bond donors (Lipinski definition) is 2. The average Bonchev–Trinajstić information content (AvgIpc) is 2.36. The van der Waals surface area contributed by atoms with Crippen LogP contribution in [0.1, 0.15) is 16.0 Å². The molecule has 0 saturated heterocycles. The average molecular weight is 247 g/mol. The maximum Gasteiger partial charge on any atom is 0.304 e. The maximum absolute atomic E-state index is 11.1. The lowest BCUT2D eigenvalue weighted by Gasteiger charge is -1.99. The van der Waals surface area contributed by atoms with Gasteiger partial charge in [0.25, 0.3) is 0 Å². The van der Waals surface area contributed by atoms with E-state index in [9.17, 15) is 8.42 Å². The topological polar surface area (TPSA) is 66.4 Å². The SMILES string of the molecule is Cc1c(S(=O)(=O)O)sc2c1CCNCC2. The summed E-state index contributed by atoms with van der Waals surface area (Å²) in [4.78, 5) is 1.09. The van der Waals surface area contributed by atoms with Crippen molar-refractivity contribution >= 4 is 21.5 Å².